The Labute approximate surface area is 224 Å². The van der Waals surface area contributed by atoms with Crippen molar-refractivity contribution in [2.24, 2.45) is 0 Å². The Morgan fingerprint density at radius 2 is 1.81 bits per heavy atom. The van der Waals surface area contributed by atoms with E-state index in [4.69, 9.17) is 28.1 Å². The summed E-state index contributed by atoms with van der Waals surface area (Å²) in [6.07, 6.45) is 4.15. The third kappa shape index (κ3) is 10.5. The van der Waals surface area contributed by atoms with Crippen molar-refractivity contribution in [3.63, 3.8) is 0 Å². The quantitative estimate of drug-likeness (QED) is 0.164. The van der Waals surface area contributed by atoms with Crippen LogP contribution in [0.25, 0.3) is 0 Å². The monoisotopic (exact) mass is 536 g/mol. The first-order valence-electron chi connectivity index (χ1n) is 13.2. The van der Waals surface area contributed by atoms with Crippen molar-refractivity contribution in [1.82, 2.24) is 0 Å². The van der Waals surface area contributed by atoms with Gasteiger partial charge in [0, 0.05) is 20.0 Å². The zero-order chi connectivity index (χ0) is 27.9. The van der Waals surface area contributed by atoms with Crippen molar-refractivity contribution in [1.29, 1.82) is 0 Å². The summed E-state index contributed by atoms with van der Waals surface area (Å²) >= 11 is 0. The maximum atomic E-state index is 11.8. The van der Waals surface area contributed by atoms with Gasteiger partial charge in [-0.2, -0.15) is 0 Å². The Balaban J connectivity index is 1.97. The number of methoxy groups -OCH3 is 1. The van der Waals surface area contributed by atoms with Gasteiger partial charge in [0.25, 0.3) is 0 Å². The number of esters is 1. The molecule has 0 aliphatic carbocycles. The molecule has 2 rings (SSSR count). The van der Waals surface area contributed by atoms with Crippen LogP contribution in [0.3, 0.4) is 0 Å². The molecule has 1 aliphatic heterocycles. The summed E-state index contributed by atoms with van der Waals surface area (Å²) in [5, 5.41) is 0.155. The first kappa shape index (κ1) is 31.5. The standard InChI is InChI=1S/C29H48O7Si/c1-21(32-20-23-11-13-24(31-8)14-12-23)19-25(34-22(2)30)15-16-26-27(36-29(6,7)35-26)17-18-33-37(9,10)28(3,4)5/h11-16,21,25-27H,17-20H2,1-10H3/b16-15+/t21-,25-,26+,27+/m1/s1. The van der Waals surface area contributed by atoms with Crippen LogP contribution in [0.15, 0.2) is 36.4 Å². The van der Waals surface area contributed by atoms with Crippen molar-refractivity contribution in [2.45, 2.75) is 116 Å². The summed E-state index contributed by atoms with van der Waals surface area (Å²) in [5.74, 6) is -0.217. The molecule has 1 heterocycles. The molecule has 1 fully saturated rings. The van der Waals surface area contributed by atoms with Crippen molar-refractivity contribution < 1.29 is 32.9 Å². The molecule has 37 heavy (non-hydrogen) atoms. The largest absolute Gasteiger partial charge is 0.497 e. The zero-order valence-corrected chi connectivity index (χ0v) is 25.5. The van der Waals surface area contributed by atoms with Crippen LogP contribution >= 0.6 is 0 Å². The fourth-order valence-corrected chi connectivity index (χ4v) is 4.93. The van der Waals surface area contributed by atoms with Gasteiger partial charge in [-0.25, -0.2) is 0 Å². The van der Waals surface area contributed by atoms with E-state index in [-0.39, 0.29) is 29.3 Å². The van der Waals surface area contributed by atoms with Crippen LogP contribution in [0.4, 0.5) is 0 Å². The summed E-state index contributed by atoms with van der Waals surface area (Å²) < 4.78 is 35.5. The van der Waals surface area contributed by atoms with E-state index in [0.717, 1.165) is 17.7 Å². The molecule has 8 heteroatoms. The highest BCUT2D eigenvalue weighted by atomic mass is 28.4. The predicted octanol–water partition coefficient (Wildman–Crippen LogP) is 6.41. The summed E-state index contributed by atoms with van der Waals surface area (Å²) in [6.45, 7) is 19.5. The van der Waals surface area contributed by atoms with E-state index in [2.05, 4.69) is 33.9 Å². The third-order valence-electron chi connectivity index (χ3n) is 6.98. The molecule has 210 valence electrons. The average molecular weight is 537 g/mol. The van der Waals surface area contributed by atoms with Crippen molar-refractivity contribution in [3.8, 4) is 5.75 Å². The average Bonchev–Trinajstić information content (AvgIpc) is 3.08. The Morgan fingerprint density at radius 3 is 2.38 bits per heavy atom. The van der Waals surface area contributed by atoms with Gasteiger partial charge in [-0.05, 0) is 69.1 Å². The van der Waals surface area contributed by atoms with Crippen LogP contribution < -0.4 is 4.74 Å². The maximum Gasteiger partial charge on any atom is 0.303 e. The van der Waals surface area contributed by atoms with Crippen LogP contribution in [-0.2, 0) is 34.8 Å². The molecule has 1 aromatic carbocycles. The minimum atomic E-state index is -1.84. The minimum absolute atomic E-state index is 0.123. The van der Waals surface area contributed by atoms with E-state index < -0.39 is 20.2 Å². The summed E-state index contributed by atoms with van der Waals surface area (Å²) in [7, 11) is -0.193. The van der Waals surface area contributed by atoms with Crippen LogP contribution in [0.5, 0.6) is 5.75 Å². The second kappa shape index (κ2) is 13.4. The number of benzene rings is 1. The Kier molecular flexibility index (Phi) is 11.4. The highest BCUT2D eigenvalue weighted by Crippen LogP contribution is 2.37. The fraction of sp³-hybridized carbons (Fsp3) is 0.690. The van der Waals surface area contributed by atoms with Crippen LogP contribution in [0.2, 0.25) is 18.1 Å². The van der Waals surface area contributed by atoms with Crippen molar-refractivity contribution >= 4 is 14.3 Å². The molecule has 0 spiro atoms. The smallest absolute Gasteiger partial charge is 0.303 e. The number of carbonyl (C=O) groups excluding carboxylic acids is 1. The zero-order valence-electron chi connectivity index (χ0n) is 24.5. The summed E-state index contributed by atoms with van der Waals surface area (Å²) in [6, 6.07) is 7.77. The SMILES string of the molecule is COc1ccc(CO[C@H](C)C[C@@H](/C=C/[C@@H]2OC(C)(C)O[C@H]2CCO[Si](C)(C)C(C)(C)C)OC(C)=O)cc1. The second-order valence-electron chi connectivity index (χ2n) is 11.8. The molecule has 0 amide bonds. The van der Waals surface area contributed by atoms with E-state index in [1.807, 2.05) is 57.2 Å². The molecule has 0 N–H and O–H groups in total. The van der Waals surface area contributed by atoms with Gasteiger partial charge in [-0.3, -0.25) is 4.79 Å². The Morgan fingerprint density at radius 1 is 1.16 bits per heavy atom. The third-order valence-corrected chi connectivity index (χ3v) is 11.5. The van der Waals surface area contributed by atoms with Gasteiger partial charge in [0.1, 0.15) is 18.0 Å². The van der Waals surface area contributed by atoms with Gasteiger partial charge in [-0.1, -0.05) is 39.0 Å². The lowest BCUT2D eigenvalue weighted by Crippen LogP contribution is -2.41. The summed E-state index contributed by atoms with van der Waals surface area (Å²) in [4.78, 5) is 11.8. The van der Waals surface area contributed by atoms with Gasteiger partial charge < -0.3 is 28.1 Å². The highest BCUT2D eigenvalue weighted by molar-refractivity contribution is 6.74. The van der Waals surface area contributed by atoms with E-state index in [0.29, 0.717) is 19.6 Å². The number of rotatable bonds is 13. The van der Waals surface area contributed by atoms with Gasteiger partial charge in [0.05, 0.1) is 25.9 Å². The van der Waals surface area contributed by atoms with Crippen molar-refractivity contribution in [2.75, 3.05) is 13.7 Å². The topological polar surface area (TPSA) is 72.5 Å². The Hall–Kier alpha value is -1.71. The molecule has 1 aliphatic rings. The molecule has 0 unspecified atom stereocenters. The first-order chi connectivity index (χ1) is 17.1. The number of hydrogen-bond acceptors (Lipinski definition) is 7. The Bertz CT molecular complexity index is 873. The van der Waals surface area contributed by atoms with Crippen LogP contribution in [0, 0.1) is 0 Å². The molecule has 0 aromatic heterocycles. The van der Waals surface area contributed by atoms with E-state index in [1.54, 1.807) is 7.11 Å². The molecule has 1 aromatic rings. The number of hydrogen-bond donors (Lipinski definition) is 0. The molecule has 1 saturated heterocycles. The highest BCUT2D eigenvalue weighted by Gasteiger charge is 2.41. The molecule has 0 radical (unpaired) electrons. The first-order valence-corrected chi connectivity index (χ1v) is 16.1. The van der Waals surface area contributed by atoms with E-state index >= 15 is 0 Å². The maximum absolute atomic E-state index is 11.8. The molecule has 7 nitrogen and oxygen atoms in total. The van der Waals surface area contributed by atoms with E-state index in [9.17, 15) is 4.79 Å². The number of carbonyl (C=O) groups is 1. The lowest BCUT2D eigenvalue weighted by molar-refractivity contribution is -0.146. The molecule has 0 saturated carbocycles. The molecule has 4 atom stereocenters. The minimum Gasteiger partial charge on any atom is -0.497 e. The van der Waals surface area contributed by atoms with Crippen LogP contribution in [-0.4, -0.2) is 58.2 Å². The lowest BCUT2D eigenvalue weighted by atomic mass is 10.1. The van der Waals surface area contributed by atoms with Gasteiger partial charge >= 0.3 is 5.97 Å². The van der Waals surface area contributed by atoms with Crippen LogP contribution in [0.1, 0.15) is 66.9 Å². The van der Waals surface area contributed by atoms with E-state index in [1.165, 1.54) is 6.92 Å². The molecule has 0 bridgehead atoms. The number of ether oxygens (including phenoxy) is 5. The molecular formula is C29H48O7Si. The fourth-order valence-electron chi connectivity index (χ4n) is 3.86. The normalized spacial score (nSPS) is 21.7. The summed E-state index contributed by atoms with van der Waals surface area (Å²) in [5.41, 5.74) is 1.05. The lowest BCUT2D eigenvalue weighted by Gasteiger charge is -2.36. The second-order valence-corrected chi connectivity index (χ2v) is 16.6. The van der Waals surface area contributed by atoms with Crippen molar-refractivity contribution in [3.05, 3.63) is 42.0 Å². The van der Waals surface area contributed by atoms with Gasteiger partial charge in [0.2, 0.25) is 0 Å². The predicted molar refractivity (Wildman–Crippen MR) is 148 cm³/mol. The van der Waals surface area contributed by atoms with Gasteiger partial charge in [0.15, 0.2) is 14.1 Å². The molecular weight excluding hydrogens is 488 g/mol. The van der Waals surface area contributed by atoms with Gasteiger partial charge in [-0.15, -0.1) is 0 Å².